The number of carbonyl (C=O) groups excluding carboxylic acids is 2. The Hall–Kier alpha value is -2.96. The first-order valence-electron chi connectivity index (χ1n) is 8.51. The lowest BCUT2D eigenvalue weighted by Gasteiger charge is -2.16. The number of carbonyl (C=O) groups is 2. The number of aryl methyl sites for hydroxylation is 2. The summed E-state index contributed by atoms with van der Waals surface area (Å²) in [5.41, 5.74) is 1.33. The van der Waals surface area contributed by atoms with Crippen LogP contribution in [0, 0.1) is 6.92 Å². The van der Waals surface area contributed by atoms with Gasteiger partial charge in [0.25, 0.3) is 0 Å². The lowest BCUT2D eigenvalue weighted by atomic mass is 10.1. The molecule has 27 heavy (non-hydrogen) atoms. The smallest absolute Gasteiger partial charge is 0.341 e. The molecule has 1 aromatic heterocycles. The highest BCUT2D eigenvalue weighted by atomic mass is 16.5. The third kappa shape index (κ3) is 5.26. The van der Waals surface area contributed by atoms with Crippen LogP contribution in [0.15, 0.2) is 28.7 Å². The number of furan rings is 1. The first-order chi connectivity index (χ1) is 12.9. The molecule has 0 bridgehead atoms. The van der Waals surface area contributed by atoms with E-state index in [2.05, 4.69) is 0 Å². The van der Waals surface area contributed by atoms with Crippen LogP contribution in [0.1, 0.15) is 33.9 Å². The number of nitrogens with zero attached hydrogens (tertiary/aromatic N) is 1. The van der Waals surface area contributed by atoms with Crippen molar-refractivity contribution in [1.29, 1.82) is 0 Å². The van der Waals surface area contributed by atoms with Gasteiger partial charge in [-0.15, -0.1) is 0 Å². The summed E-state index contributed by atoms with van der Waals surface area (Å²) in [6.07, 6.45) is 0.887. The molecule has 2 aromatic rings. The van der Waals surface area contributed by atoms with Gasteiger partial charge in [0.2, 0.25) is 5.91 Å². The molecule has 0 aliphatic heterocycles. The second-order valence-corrected chi connectivity index (χ2v) is 6.14. The van der Waals surface area contributed by atoms with Crippen molar-refractivity contribution in [3.05, 3.63) is 46.9 Å². The number of benzene rings is 1. The molecular weight excluding hydrogens is 350 g/mol. The van der Waals surface area contributed by atoms with Crippen LogP contribution in [-0.4, -0.2) is 45.2 Å². The van der Waals surface area contributed by atoms with Crippen LogP contribution in [0.3, 0.4) is 0 Å². The molecule has 2 rings (SSSR count). The van der Waals surface area contributed by atoms with Crippen molar-refractivity contribution in [3.63, 3.8) is 0 Å². The fourth-order valence-corrected chi connectivity index (χ4v) is 2.71. The van der Waals surface area contributed by atoms with E-state index in [0.717, 1.165) is 5.56 Å². The molecule has 0 aliphatic carbocycles. The maximum atomic E-state index is 12.4. The second kappa shape index (κ2) is 9.12. The number of ether oxygens (including phenoxy) is 3. The molecule has 0 aliphatic rings. The minimum absolute atomic E-state index is 0.0366. The largest absolute Gasteiger partial charge is 0.497 e. The third-order valence-corrected chi connectivity index (χ3v) is 4.23. The summed E-state index contributed by atoms with van der Waals surface area (Å²) in [5.74, 6) is 1.89. The SMILES string of the molecule is COC(=O)c1cc(CN(C)C(=O)CCc2cc(OC)cc(OC)c2)oc1C. The van der Waals surface area contributed by atoms with Crippen LogP contribution in [-0.2, 0) is 22.5 Å². The Bertz CT molecular complexity index is 789. The molecule has 0 saturated heterocycles. The summed E-state index contributed by atoms with van der Waals surface area (Å²) in [7, 11) is 6.19. The lowest BCUT2D eigenvalue weighted by molar-refractivity contribution is -0.130. The van der Waals surface area contributed by atoms with Crippen molar-refractivity contribution >= 4 is 11.9 Å². The molecule has 0 atom stereocenters. The molecule has 0 N–H and O–H groups in total. The van der Waals surface area contributed by atoms with Crippen LogP contribution in [0.2, 0.25) is 0 Å². The van der Waals surface area contributed by atoms with Crippen LogP contribution in [0.25, 0.3) is 0 Å². The Morgan fingerprint density at radius 2 is 1.67 bits per heavy atom. The first kappa shape index (κ1) is 20.4. The molecule has 0 saturated carbocycles. The van der Waals surface area contributed by atoms with Crippen LogP contribution in [0.4, 0.5) is 0 Å². The number of rotatable bonds is 8. The van der Waals surface area contributed by atoms with Gasteiger partial charge in [-0.3, -0.25) is 4.79 Å². The Labute approximate surface area is 158 Å². The van der Waals surface area contributed by atoms with E-state index in [1.54, 1.807) is 45.2 Å². The van der Waals surface area contributed by atoms with E-state index < -0.39 is 5.97 Å². The van der Waals surface area contributed by atoms with Gasteiger partial charge in [-0.05, 0) is 37.1 Å². The molecule has 1 amide bonds. The average molecular weight is 375 g/mol. The highest BCUT2D eigenvalue weighted by molar-refractivity contribution is 5.90. The number of hydrogen-bond acceptors (Lipinski definition) is 6. The molecule has 146 valence electrons. The Morgan fingerprint density at radius 3 is 2.22 bits per heavy atom. The molecule has 0 spiro atoms. The van der Waals surface area contributed by atoms with Crippen LogP contribution in [0.5, 0.6) is 11.5 Å². The quantitative estimate of drug-likeness (QED) is 0.660. The maximum absolute atomic E-state index is 12.4. The molecule has 0 radical (unpaired) electrons. The van der Waals surface area contributed by atoms with Crippen molar-refractivity contribution in [2.45, 2.75) is 26.3 Å². The molecule has 0 fully saturated rings. The normalized spacial score (nSPS) is 10.4. The van der Waals surface area contributed by atoms with E-state index in [0.29, 0.717) is 41.4 Å². The van der Waals surface area contributed by atoms with E-state index in [-0.39, 0.29) is 12.5 Å². The van der Waals surface area contributed by atoms with Crippen molar-refractivity contribution in [2.75, 3.05) is 28.4 Å². The maximum Gasteiger partial charge on any atom is 0.341 e. The van der Waals surface area contributed by atoms with Gasteiger partial charge < -0.3 is 23.5 Å². The number of esters is 1. The van der Waals surface area contributed by atoms with Gasteiger partial charge in [-0.2, -0.15) is 0 Å². The molecule has 1 heterocycles. The van der Waals surface area contributed by atoms with Gasteiger partial charge in [0.1, 0.15) is 28.6 Å². The second-order valence-electron chi connectivity index (χ2n) is 6.14. The number of amides is 1. The topological polar surface area (TPSA) is 78.2 Å². The summed E-state index contributed by atoms with van der Waals surface area (Å²) in [5, 5.41) is 0. The minimum atomic E-state index is -0.455. The van der Waals surface area contributed by atoms with E-state index >= 15 is 0 Å². The summed E-state index contributed by atoms with van der Waals surface area (Å²) >= 11 is 0. The Kier molecular flexibility index (Phi) is 6.87. The standard InChI is InChI=1S/C20H25NO6/c1-13-18(20(23)26-5)11-17(27-13)12-21(2)19(22)7-6-14-8-15(24-3)10-16(9-14)25-4/h8-11H,6-7,12H2,1-5H3. The molecule has 1 aromatic carbocycles. The van der Waals surface area contributed by atoms with Gasteiger partial charge in [0, 0.05) is 19.5 Å². The van der Waals surface area contributed by atoms with Crippen molar-refractivity contribution in [2.24, 2.45) is 0 Å². The Morgan fingerprint density at radius 1 is 1.04 bits per heavy atom. The monoisotopic (exact) mass is 375 g/mol. The van der Waals surface area contributed by atoms with Gasteiger partial charge in [-0.25, -0.2) is 4.79 Å². The third-order valence-electron chi connectivity index (χ3n) is 4.23. The summed E-state index contributed by atoms with van der Waals surface area (Å²) in [4.78, 5) is 25.7. The van der Waals surface area contributed by atoms with Gasteiger partial charge in [0.15, 0.2) is 0 Å². The van der Waals surface area contributed by atoms with E-state index in [4.69, 9.17) is 18.6 Å². The van der Waals surface area contributed by atoms with E-state index in [1.807, 2.05) is 12.1 Å². The fraction of sp³-hybridized carbons (Fsp3) is 0.400. The summed E-state index contributed by atoms with van der Waals surface area (Å²) < 4.78 is 20.8. The van der Waals surface area contributed by atoms with Gasteiger partial charge in [-0.1, -0.05) is 0 Å². The van der Waals surface area contributed by atoms with Crippen molar-refractivity contribution in [3.8, 4) is 11.5 Å². The highest BCUT2D eigenvalue weighted by Crippen LogP contribution is 2.23. The van der Waals surface area contributed by atoms with Crippen molar-refractivity contribution in [1.82, 2.24) is 4.90 Å². The average Bonchev–Trinajstić information content (AvgIpc) is 3.04. The highest BCUT2D eigenvalue weighted by Gasteiger charge is 2.18. The molecular formula is C20H25NO6. The number of hydrogen-bond donors (Lipinski definition) is 0. The van der Waals surface area contributed by atoms with Gasteiger partial charge in [0.05, 0.1) is 27.9 Å². The van der Waals surface area contributed by atoms with E-state index in [1.165, 1.54) is 7.11 Å². The van der Waals surface area contributed by atoms with E-state index in [9.17, 15) is 9.59 Å². The lowest BCUT2D eigenvalue weighted by Crippen LogP contribution is -2.26. The fourth-order valence-electron chi connectivity index (χ4n) is 2.71. The minimum Gasteiger partial charge on any atom is -0.497 e. The predicted octanol–water partition coefficient (Wildman–Crippen LogP) is 2.98. The van der Waals surface area contributed by atoms with Gasteiger partial charge >= 0.3 is 5.97 Å². The summed E-state index contributed by atoms with van der Waals surface area (Å²) in [6, 6.07) is 7.16. The Balaban J connectivity index is 1.97. The van der Waals surface area contributed by atoms with Crippen LogP contribution < -0.4 is 9.47 Å². The zero-order chi connectivity index (χ0) is 20.0. The number of methoxy groups -OCH3 is 3. The molecule has 7 heteroatoms. The first-order valence-corrected chi connectivity index (χ1v) is 8.51. The molecule has 0 unspecified atom stereocenters. The summed E-state index contributed by atoms with van der Waals surface area (Å²) in [6.45, 7) is 1.96. The predicted molar refractivity (Wildman–Crippen MR) is 99.1 cm³/mol. The molecule has 7 nitrogen and oxygen atoms in total. The van der Waals surface area contributed by atoms with Crippen LogP contribution >= 0.6 is 0 Å². The van der Waals surface area contributed by atoms with Crippen molar-refractivity contribution < 1.29 is 28.2 Å². The zero-order valence-electron chi connectivity index (χ0n) is 16.3. The zero-order valence-corrected chi connectivity index (χ0v) is 16.3.